The summed E-state index contributed by atoms with van der Waals surface area (Å²) in [6.45, 7) is 0.745. The van der Waals surface area contributed by atoms with E-state index in [0.717, 1.165) is 11.3 Å². The third kappa shape index (κ3) is 4.99. The first-order valence-corrected chi connectivity index (χ1v) is 11.4. The van der Waals surface area contributed by atoms with Crippen LogP contribution >= 0.6 is 11.3 Å². The summed E-state index contributed by atoms with van der Waals surface area (Å²) in [6, 6.07) is 12.3. The summed E-state index contributed by atoms with van der Waals surface area (Å²) in [5.41, 5.74) is 0.626. The van der Waals surface area contributed by atoms with E-state index in [2.05, 4.69) is 4.99 Å². The van der Waals surface area contributed by atoms with Crippen LogP contribution in [0.3, 0.4) is 0 Å². The number of methoxy groups -OCH3 is 1. The SMILES string of the molecule is COCCn1c(=NC(=O)CCS(=O)(=O)c2ccccc2)sc2cc([N+](=O)[O-])ccc21. The standard InChI is InChI=1S/C19H19N3O6S2/c1-28-11-10-21-16-8-7-14(22(24)25)13-17(16)29-19(21)20-18(23)9-12-30(26,27)15-5-3-2-4-6-15/h2-8,13H,9-12H2,1H3. The van der Waals surface area contributed by atoms with Crippen LogP contribution in [0.4, 0.5) is 5.69 Å². The highest BCUT2D eigenvalue weighted by molar-refractivity contribution is 7.91. The van der Waals surface area contributed by atoms with E-state index in [0.29, 0.717) is 28.2 Å². The lowest BCUT2D eigenvalue weighted by Crippen LogP contribution is -2.20. The van der Waals surface area contributed by atoms with Crippen LogP contribution in [0.2, 0.25) is 0 Å². The van der Waals surface area contributed by atoms with Gasteiger partial charge in [0.15, 0.2) is 14.6 Å². The second-order valence-electron chi connectivity index (χ2n) is 6.33. The molecule has 0 spiro atoms. The predicted molar refractivity (Wildman–Crippen MR) is 112 cm³/mol. The molecule has 1 aromatic heterocycles. The van der Waals surface area contributed by atoms with Crippen LogP contribution in [0.1, 0.15) is 6.42 Å². The zero-order valence-corrected chi connectivity index (χ0v) is 17.7. The number of nitro groups is 1. The van der Waals surface area contributed by atoms with Crippen molar-refractivity contribution in [1.29, 1.82) is 0 Å². The molecule has 0 saturated heterocycles. The number of ether oxygens (including phenoxy) is 1. The number of nitrogens with zero attached hydrogens (tertiary/aromatic N) is 3. The molecule has 0 aliphatic rings. The van der Waals surface area contributed by atoms with E-state index in [-0.39, 0.29) is 22.8 Å². The Balaban J connectivity index is 1.89. The van der Waals surface area contributed by atoms with Gasteiger partial charge < -0.3 is 9.30 Å². The van der Waals surface area contributed by atoms with Gasteiger partial charge in [-0.3, -0.25) is 14.9 Å². The zero-order chi connectivity index (χ0) is 21.7. The molecule has 1 amide bonds. The van der Waals surface area contributed by atoms with E-state index in [1.54, 1.807) is 28.8 Å². The average molecular weight is 450 g/mol. The van der Waals surface area contributed by atoms with Gasteiger partial charge in [0.25, 0.3) is 5.69 Å². The molecule has 3 aromatic rings. The number of nitro benzene ring substituents is 1. The molecule has 0 aliphatic carbocycles. The molecule has 0 unspecified atom stereocenters. The fourth-order valence-electron chi connectivity index (χ4n) is 2.79. The summed E-state index contributed by atoms with van der Waals surface area (Å²) >= 11 is 1.13. The Bertz CT molecular complexity index is 1250. The average Bonchev–Trinajstić information content (AvgIpc) is 3.07. The molecule has 0 N–H and O–H groups in total. The molecule has 2 aromatic carbocycles. The van der Waals surface area contributed by atoms with Crippen molar-refractivity contribution in [3.63, 3.8) is 0 Å². The number of aromatic nitrogens is 1. The number of amides is 1. The Morgan fingerprint density at radius 2 is 1.97 bits per heavy atom. The summed E-state index contributed by atoms with van der Waals surface area (Å²) in [6.07, 6.45) is -0.268. The number of carbonyl (C=O) groups excluding carboxylic acids is 1. The van der Waals surface area contributed by atoms with E-state index in [1.807, 2.05) is 0 Å². The molecule has 1 heterocycles. The summed E-state index contributed by atoms with van der Waals surface area (Å²) < 4.78 is 32.2. The lowest BCUT2D eigenvalue weighted by Gasteiger charge is -2.04. The van der Waals surface area contributed by atoms with Gasteiger partial charge in [0, 0.05) is 32.2 Å². The molecule has 30 heavy (non-hydrogen) atoms. The van der Waals surface area contributed by atoms with E-state index in [9.17, 15) is 23.3 Å². The van der Waals surface area contributed by atoms with E-state index in [1.165, 1.54) is 31.4 Å². The Morgan fingerprint density at radius 1 is 1.23 bits per heavy atom. The van der Waals surface area contributed by atoms with Crippen molar-refractivity contribution in [2.75, 3.05) is 19.5 Å². The largest absolute Gasteiger partial charge is 0.383 e. The molecule has 0 radical (unpaired) electrons. The number of fused-ring (bicyclic) bond motifs is 1. The van der Waals surface area contributed by atoms with Gasteiger partial charge in [0.1, 0.15) is 0 Å². The van der Waals surface area contributed by atoms with Crippen molar-refractivity contribution < 1.29 is 22.9 Å². The first kappa shape index (κ1) is 21.8. The van der Waals surface area contributed by atoms with E-state index >= 15 is 0 Å². The second-order valence-corrected chi connectivity index (χ2v) is 9.44. The molecular formula is C19H19N3O6S2. The topological polar surface area (TPSA) is 121 Å². The number of benzene rings is 2. The van der Waals surface area contributed by atoms with Crippen LogP contribution in [0, 0.1) is 10.1 Å². The molecular weight excluding hydrogens is 430 g/mol. The van der Waals surface area contributed by atoms with E-state index < -0.39 is 20.7 Å². The smallest absolute Gasteiger partial charge is 0.270 e. The third-order valence-electron chi connectivity index (χ3n) is 4.30. The van der Waals surface area contributed by atoms with Gasteiger partial charge in [-0.25, -0.2) is 8.42 Å². The number of non-ortho nitro benzene ring substituents is 1. The van der Waals surface area contributed by atoms with Crippen LogP contribution in [0.15, 0.2) is 58.4 Å². The summed E-state index contributed by atoms with van der Waals surface area (Å²) in [5.74, 6) is -0.935. The summed E-state index contributed by atoms with van der Waals surface area (Å²) in [7, 11) is -2.05. The van der Waals surface area contributed by atoms with Crippen LogP contribution in [-0.2, 0) is 25.9 Å². The summed E-state index contributed by atoms with van der Waals surface area (Å²) in [5, 5.41) is 11.0. The minimum atomic E-state index is -3.59. The fraction of sp³-hybridized carbons (Fsp3) is 0.263. The molecule has 0 aliphatic heterocycles. The molecule has 0 saturated carbocycles. The van der Waals surface area contributed by atoms with Crippen molar-refractivity contribution >= 4 is 43.0 Å². The van der Waals surface area contributed by atoms with Gasteiger partial charge in [-0.05, 0) is 18.2 Å². The van der Waals surface area contributed by atoms with E-state index in [4.69, 9.17) is 4.74 Å². The van der Waals surface area contributed by atoms with Gasteiger partial charge in [0.2, 0.25) is 5.91 Å². The monoisotopic (exact) mass is 449 g/mol. The van der Waals surface area contributed by atoms with Crippen LogP contribution < -0.4 is 4.80 Å². The maximum Gasteiger partial charge on any atom is 0.270 e. The number of rotatable bonds is 8. The second kappa shape index (κ2) is 9.28. The Labute approximate surface area is 176 Å². The van der Waals surface area contributed by atoms with Crippen LogP contribution in [0.25, 0.3) is 10.2 Å². The minimum absolute atomic E-state index is 0.0607. The van der Waals surface area contributed by atoms with Crippen molar-refractivity contribution in [1.82, 2.24) is 4.57 Å². The highest BCUT2D eigenvalue weighted by atomic mass is 32.2. The summed E-state index contributed by atoms with van der Waals surface area (Å²) in [4.78, 5) is 27.5. The lowest BCUT2D eigenvalue weighted by atomic mass is 10.3. The maximum absolute atomic E-state index is 12.4. The number of hydrogen-bond acceptors (Lipinski definition) is 7. The van der Waals surface area contributed by atoms with Gasteiger partial charge in [-0.1, -0.05) is 29.5 Å². The lowest BCUT2D eigenvalue weighted by molar-refractivity contribution is -0.384. The Kier molecular flexibility index (Phi) is 6.75. The van der Waals surface area contributed by atoms with Crippen molar-refractivity contribution in [3.8, 4) is 0 Å². The molecule has 0 bridgehead atoms. The zero-order valence-electron chi connectivity index (χ0n) is 16.1. The normalized spacial score (nSPS) is 12.4. The van der Waals surface area contributed by atoms with Crippen molar-refractivity contribution in [2.45, 2.75) is 17.9 Å². The Morgan fingerprint density at radius 3 is 2.63 bits per heavy atom. The van der Waals surface area contributed by atoms with Gasteiger partial charge in [0.05, 0.1) is 32.4 Å². The van der Waals surface area contributed by atoms with Crippen molar-refractivity contribution in [3.05, 3.63) is 63.4 Å². The van der Waals surface area contributed by atoms with Gasteiger partial charge >= 0.3 is 0 Å². The predicted octanol–water partition coefficient (Wildman–Crippen LogP) is 2.55. The number of thiazole rings is 1. The molecule has 3 rings (SSSR count). The van der Waals surface area contributed by atoms with Gasteiger partial charge in [-0.15, -0.1) is 0 Å². The molecule has 9 nitrogen and oxygen atoms in total. The third-order valence-corrected chi connectivity index (χ3v) is 7.08. The molecule has 0 atom stereocenters. The maximum atomic E-state index is 12.4. The highest BCUT2D eigenvalue weighted by Crippen LogP contribution is 2.23. The Hall–Kier alpha value is -2.89. The highest BCUT2D eigenvalue weighted by Gasteiger charge is 2.17. The van der Waals surface area contributed by atoms with Crippen LogP contribution in [-0.4, -0.2) is 43.3 Å². The quantitative estimate of drug-likeness (QED) is 0.385. The van der Waals surface area contributed by atoms with Crippen LogP contribution in [0.5, 0.6) is 0 Å². The first-order valence-electron chi connectivity index (χ1n) is 8.94. The molecule has 158 valence electrons. The van der Waals surface area contributed by atoms with Crippen molar-refractivity contribution in [2.24, 2.45) is 4.99 Å². The minimum Gasteiger partial charge on any atom is -0.383 e. The number of carbonyl (C=O) groups is 1. The molecule has 11 heteroatoms. The first-order chi connectivity index (χ1) is 14.3. The number of hydrogen-bond donors (Lipinski definition) is 0. The van der Waals surface area contributed by atoms with Gasteiger partial charge in [-0.2, -0.15) is 4.99 Å². The fourth-order valence-corrected chi connectivity index (χ4v) is 5.15. The molecule has 0 fully saturated rings. The number of sulfone groups is 1.